The first-order valence-electron chi connectivity index (χ1n) is 11.5. The third-order valence-electron chi connectivity index (χ3n) is 9.22. The van der Waals surface area contributed by atoms with Crippen LogP contribution in [0.2, 0.25) is 0 Å². The van der Waals surface area contributed by atoms with E-state index >= 15 is 0 Å². The molecule has 4 saturated carbocycles. The van der Waals surface area contributed by atoms with Gasteiger partial charge in [-0.3, -0.25) is 0 Å². The third-order valence-corrected chi connectivity index (χ3v) is 9.22. The van der Waals surface area contributed by atoms with Crippen LogP contribution in [0.25, 0.3) is 11.1 Å². The second kappa shape index (κ2) is 5.67. The first-order valence-corrected chi connectivity index (χ1v) is 11.5. The maximum Gasteiger partial charge on any atom is 0.407 e. The number of amides is 1. The molecule has 1 spiro atoms. The van der Waals surface area contributed by atoms with Crippen LogP contribution in [0, 0.1) is 23.2 Å². The summed E-state index contributed by atoms with van der Waals surface area (Å²) in [6, 6.07) is 17.2. The Labute approximate surface area is 177 Å². The van der Waals surface area contributed by atoms with Gasteiger partial charge in [0.05, 0.1) is 0 Å². The van der Waals surface area contributed by atoms with Gasteiger partial charge in [-0.05, 0) is 77.5 Å². The molecule has 0 aliphatic heterocycles. The fourth-order valence-electron chi connectivity index (χ4n) is 8.04. The van der Waals surface area contributed by atoms with E-state index in [1.165, 1.54) is 35.1 Å². The molecule has 154 valence electrons. The minimum absolute atomic E-state index is 0.0293. The monoisotopic (exact) mass is 400 g/mol. The summed E-state index contributed by atoms with van der Waals surface area (Å²) in [7, 11) is 0. The van der Waals surface area contributed by atoms with E-state index < -0.39 is 0 Å². The second-order valence-corrected chi connectivity index (χ2v) is 10.7. The van der Waals surface area contributed by atoms with Crippen LogP contribution in [0.15, 0.2) is 48.5 Å². The zero-order valence-corrected chi connectivity index (χ0v) is 17.1. The molecule has 2 aromatic carbocycles. The van der Waals surface area contributed by atoms with Gasteiger partial charge in [-0.1, -0.05) is 48.5 Å². The van der Waals surface area contributed by atoms with Crippen molar-refractivity contribution in [3.63, 3.8) is 0 Å². The normalized spacial score (nSPS) is 39.2. The summed E-state index contributed by atoms with van der Waals surface area (Å²) in [6.45, 7) is 0.384. The molecule has 4 heteroatoms. The van der Waals surface area contributed by atoms with Crippen molar-refractivity contribution in [1.29, 1.82) is 0 Å². The van der Waals surface area contributed by atoms with Crippen molar-refractivity contribution in [3.05, 3.63) is 59.7 Å². The van der Waals surface area contributed by atoms with Crippen LogP contribution in [0.5, 0.6) is 0 Å². The number of hydrogen-bond acceptors (Lipinski definition) is 3. The van der Waals surface area contributed by atoms with Crippen LogP contribution < -0.4 is 11.1 Å². The van der Waals surface area contributed by atoms with E-state index in [1.807, 2.05) is 0 Å². The molecule has 1 amide bonds. The molecule has 7 rings (SSSR count). The van der Waals surface area contributed by atoms with Gasteiger partial charge in [0.2, 0.25) is 0 Å². The number of alkyl carbamates (subject to hydrolysis) is 1. The molecule has 0 heterocycles. The highest BCUT2D eigenvalue weighted by molar-refractivity contribution is 5.79. The maximum atomic E-state index is 12.8. The Morgan fingerprint density at radius 3 is 2.40 bits per heavy atom. The van der Waals surface area contributed by atoms with Gasteiger partial charge in [0.1, 0.15) is 6.61 Å². The minimum atomic E-state index is -0.259. The number of carbonyl (C=O) groups is 1. The van der Waals surface area contributed by atoms with Gasteiger partial charge in [-0.25, -0.2) is 4.79 Å². The largest absolute Gasteiger partial charge is 0.449 e. The van der Waals surface area contributed by atoms with E-state index in [9.17, 15) is 4.79 Å². The number of nitrogens with two attached hydrogens (primary N) is 1. The molecule has 30 heavy (non-hydrogen) atoms. The predicted molar refractivity (Wildman–Crippen MR) is 115 cm³/mol. The average Bonchev–Trinajstić information content (AvgIpc) is 3.06. The zero-order valence-electron chi connectivity index (χ0n) is 17.1. The van der Waals surface area contributed by atoms with E-state index in [2.05, 4.69) is 53.8 Å². The van der Waals surface area contributed by atoms with Gasteiger partial charge in [0.25, 0.3) is 0 Å². The molecule has 5 aliphatic carbocycles. The highest BCUT2D eigenvalue weighted by Crippen LogP contribution is 2.77. The molecular weight excluding hydrogens is 372 g/mol. The van der Waals surface area contributed by atoms with Crippen LogP contribution in [0.3, 0.4) is 0 Å². The lowest BCUT2D eigenvalue weighted by Crippen LogP contribution is -2.44. The number of hydrogen-bond donors (Lipinski definition) is 2. The number of ether oxygens (including phenoxy) is 1. The number of rotatable bonds is 3. The molecule has 3 N–H and O–H groups in total. The maximum absolute atomic E-state index is 12.8. The van der Waals surface area contributed by atoms with Crippen LogP contribution in [-0.4, -0.2) is 24.3 Å². The Balaban J connectivity index is 1.07. The summed E-state index contributed by atoms with van der Waals surface area (Å²) in [5.74, 6) is 2.18. The quantitative estimate of drug-likeness (QED) is 0.801. The molecule has 0 radical (unpaired) electrons. The molecule has 4 nitrogen and oxygen atoms in total. The van der Waals surface area contributed by atoms with Gasteiger partial charge in [0, 0.05) is 17.5 Å². The lowest BCUT2D eigenvalue weighted by atomic mass is 9.77. The van der Waals surface area contributed by atoms with Crippen molar-refractivity contribution >= 4 is 6.09 Å². The second-order valence-electron chi connectivity index (χ2n) is 10.7. The Kier molecular flexibility index (Phi) is 3.28. The summed E-state index contributed by atoms with van der Waals surface area (Å²) in [6.07, 6.45) is 5.65. The van der Waals surface area contributed by atoms with Gasteiger partial charge in [-0.15, -0.1) is 0 Å². The van der Waals surface area contributed by atoms with Crippen LogP contribution >= 0.6 is 0 Å². The van der Waals surface area contributed by atoms with Crippen molar-refractivity contribution in [2.45, 2.75) is 49.6 Å². The van der Waals surface area contributed by atoms with Crippen LogP contribution in [0.4, 0.5) is 4.79 Å². The summed E-state index contributed by atoms with van der Waals surface area (Å²) in [5.41, 5.74) is 12.2. The summed E-state index contributed by atoms with van der Waals surface area (Å²) < 4.78 is 5.82. The lowest BCUT2D eigenvalue weighted by Gasteiger charge is -2.33. The Hall–Kier alpha value is -2.33. The molecule has 0 aromatic heterocycles. The molecular formula is C26H28N2O2. The molecule has 0 saturated heterocycles. The molecule has 6 atom stereocenters. The average molecular weight is 401 g/mol. The Morgan fingerprint density at radius 1 is 0.967 bits per heavy atom. The summed E-state index contributed by atoms with van der Waals surface area (Å²) in [4.78, 5) is 12.8. The number of benzene rings is 2. The van der Waals surface area contributed by atoms with Crippen molar-refractivity contribution in [2.24, 2.45) is 28.9 Å². The van der Waals surface area contributed by atoms with Gasteiger partial charge in [-0.2, -0.15) is 0 Å². The number of nitrogens with one attached hydrogen (secondary N) is 1. The van der Waals surface area contributed by atoms with Gasteiger partial charge < -0.3 is 15.8 Å². The van der Waals surface area contributed by atoms with E-state index in [0.717, 1.165) is 31.1 Å². The van der Waals surface area contributed by atoms with Crippen molar-refractivity contribution in [2.75, 3.05) is 6.61 Å². The summed E-state index contributed by atoms with van der Waals surface area (Å²) in [5, 5.41) is 3.26. The van der Waals surface area contributed by atoms with E-state index in [-0.39, 0.29) is 23.6 Å². The zero-order chi connectivity index (χ0) is 20.1. The molecule has 2 aromatic rings. The predicted octanol–water partition coefficient (Wildman–Crippen LogP) is 4.43. The number of carbonyl (C=O) groups excluding carboxylic acids is 1. The van der Waals surface area contributed by atoms with Crippen molar-refractivity contribution in [3.8, 4) is 11.1 Å². The van der Waals surface area contributed by atoms with Crippen LogP contribution in [0.1, 0.15) is 49.1 Å². The van der Waals surface area contributed by atoms with Crippen LogP contribution in [-0.2, 0) is 4.74 Å². The summed E-state index contributed by atoms with van der Waals surface area (Å²) >= 11 is 0. The molecule has 5 aliphatic rings. The van der Waals surface area contributed by atoms with E-state index in [4.69, 9.17) is 10.5 Å². The SMILES string of the molecule is NC12CC3C(NC(=O)OCC4c5ccccc5-c5ccccc54)CC4(CC4C1)C3C2. The standard InChI is InChI=1S/C26H28N2O2/c27-25-9-15-10-26(15)13-23(20(11-25)22(26)12-25)28-24(29)30-14-21-18-7-3-1-5-16(18)17-6-2-4-8-19(17)21/h1-8,15,20-23H,9-14,27H2,(H,28,29). The Bertz CT molecular complexity index is 1020. The highest BCUT2D eigenvalue weighted by atomic mass is 16.5. The number of fused-ring (bicyclic) bond motifs is 4. The van der Waals surface area contributed by atoms with Crippen molar-refractivity contribution < 1.29 is 9.53 Å². The first-order chi connectivity index (χ1) is 14.6. The van der Waals surface area contributed by atoms with Crippen molar-refractivity contribution in [1.82, 2.24) is 5.32 Å². The first kappa shape index (κ1) is 17.4. The molecule has 4 fully saturated rings. The lowest BCUT2D eigenvalue weighted by molar-refractivity contribution is 0.135. The minimum Gasteiger partial charge on any atom is -0.449 e. The molecule has 6 unspecified atom stereocenters. The van der Waals surface area contributed by atoms with E-state index in [1.54, 1.807) is 0 Å². The smallest absolute Gasteiger partial charge is 0.407 e. The fourth-order valence-corrected chi connectivity index (χ4v) is 8.04. The fraction of sp³-hybridized carbons (Fsp3) is 0.500. The molecule has 2 bridgehead atoms. The van der Waals surface area contributed by atoms with E-state index in [0.29, 0.717) is 17.9 Å². The van der Waals surface area contributed by atoms with Gasteiger partial charge in [0.15, 0.2) is 0 Å². The topological polar surface area (TPSA) is 64.3 Å². The highest BCUT2D eigenvalue weighted by Gasteiger charge is 2.74. The third kappa shape index (κ3) is 2.23. The Morgan fingerprint density at radius 2 is 1.67 bits per heavy atom. The van der Waals surface area contributed by atoms with Gasteiger partial charge >= 0.3 is 6.09 Å².